The maximum atomic E-state index is 10.0. The largest absolute Gasteiger partial charge is 0.392 e. The molecule has 0 fully saturated rings. The van der Waals surface area contributed by atoms with Gasteiger partial charge in [0.05, 0.1) is 6.10 Å². The smallest absolute Gasteiger partial charge is 0.138 e. The topological polar surface area (TPSA) is 50.9 Å². The molecule has 0 saturated carbocycles. The molecule has 4 heteroatoms. The summed E-state index contributed by atoms with van der Waals surface area (Å²) in [6.07, 6.45) is 4.00. The van der Waals surface area contributed by atoms with Crippen LogP contribution in [0.5, 0.6) is 0 Å². The average Bonchev–Trinajstić information content (AvgIpc) is 2.66. The Labute approximate surface area is 97.7 Å². The van der Waals surface area contributed by atoms with Crippen molar-refractivity contribution in [3.63, 3.8) is 0 Å². The van der Waals surface area contributed by atoms with Gasteiger partial charge in [-0.05, 0) is 26.2 Å². The lowest BCUT2D eigenvalue weighted by Crippen LogP contribution is -2.23. The van der Waals surface area contributed by atoms with E-state index in [1.54, 1.807) is 6.33 Å². The minimum absolute atomic E-state index is 0.297. The summed E-state index contributed by atoms with van der Waals surface area (Å²) in [4.78, 5) is 4.21. The van der Waals surface area contributed by atoms with Crippen LogP contribution in [0.1, 0.15) is 52.4 Å². The van der Waals surface area contributed by atoms with Gasteiger partial charge in [-0.3, -0.25) is 0 Å². The monoisotopic (exact) mass is 225 g/mol. The van der Waals surface area contributed by atoms with Crippen molar-refractivity contribution in [1.29, 1.82) is 0 Å². The van der Waals surface area contributed by atoms with Crippen molar-refractivity contribution in [2.45, 2.75) is 59.1 Å². The van der Waals surface area contributed by atoms with Crippen molar-refractivity contribution >= 4 is 0 Å². The molecule has 1 N–H and O–H groups in total. The second-order valence-corrected chi connectivity index (χ2v) is 4.75. The van der Waals surface area contributed by atoms with Gasteiger partial charge in [-0.2, -0.15) is 5.10 Å². The molecule has 0 bridgehead atoms. The highest BCUT2D eigenvalue weighted by molar-refractivity contribution is 4.90. The van der Waals surface area contributed by atoms with Gasteiger partial charge in [0.25, 0.3) is 0 Å². The van der Waals surface area contributed by atoms with E-state index >= 15 is 0 Å². The predicted octanol–water partition coefficient (Wildman–Crippen LogP) is 2.20. The number of nitrogens with zero attached hydrogens (tertiary/aromatic N) is 3. The van der Waals surface area contributed by atoms with E-state index in [-0.39, 0.29) is 6.10 Å². The SMILES string of the molecule is CCCC(C)C(O)Cc1ncnn1C(C)C. The Morgan fingerprint density at radius 2 is 2.06 bits per heavy atom. The standard InChI is InChI=1S/C12H23N3O/c1-5-6-10(4)11(16)7-12-13-8-14-15(12)9(2)3/h8-11,16H,5-7H2,1-4H3. The van der Waals surface area contributed by atoms with E-state index in [9.17, 15) is 5.11 Å². The molecule has 0 aromatic carbocycles. The highest BCUT2D eigenvalue weighted by Crippen LogP contribution is 2.15. The van der Waals surface area contributed by atoms with Gasteiger partial charge >= 0.3 is 0 Å². The van der Waals surface area contributed by atoms with Crippen LogP contribution in [0.3, 0.4) is 0 Å². The minimum atomic E-state index is -0.318. The first-order chi connectivity index (χ1) is 7.56. The van der Waals surface area contributed by atoms with Crippen LogP contribution in [0, 0.1) is 5.92 Å². The molecule has 2 unspecified atom stereocenters. The predicted molar refractivity (Wildman–Crippen MR) is 64.2 cm³/mol. The molecule has 2 atom stereocenters. The fourth-order valence-corrected chi connectivity index (χ4v) is 1.89. The summed E-state index contributed by atoms with van der Waals surface area (Å²) in [5.74, 6) is 1.20. The Morgan fingerprint density at radius 1 is 1.38 bits per heavy atom. The Balaban J connectivity index is 2.62. The van der Waals surface area contributed by atoms with E-state index in [0.717, 1.165) is 18.7 Å². The molecule has 1 rings (SSSR count). The van der Waals surface area contributed by atoms with Crippen LogP contribution in [0.15, 0.2) is 6.33 Å². The van der Waals surface area contributed by atoms with Crippen molar-refractivity contribution in [2.24, 2.45) is 5.92 Å². The van der Waals surface area contributed by atoms with E-state index in [1.807, 2.05) is 4.68 Å². The Bertz CT molecular complexity index is 309. The third kappa shape index (κ3) is 3.30. The Hall–Kier alpha value is -0.900. The molecule has 0 aliphatic rings. The van der Waals surface area contributed by atoms with Gasteiger partial charge in [0.1, 0.15) is 12.2 Å². The van der Waals surface area contributed by atoms with Crippen LogP contribution in [0.2, 0.25) is 0 Å². The lowest BCUT2D eigenvalue weighted by atomic mass is 9.97. The van der Waals surface area contributed by atoms with E-state index < -0.39 is 0 Å². The summed E-state index contributed by atoms with van der Waals surface area (Å²) in [5.41, 5.74) is 0. The molecule has 0 amide bonds. The third-order valence-corrected chi connectivity index (χ3v) is 2.93. The van der Waals surface area contributed by atoms with Crippen molar-refractivity contribution in [2.75, 3.05) is 0 Å². The first-order valence-corrected chi connectivity index (χ1v) is 6.12. The number of rotatable bonds is 6. The van der Waals surface area contributed by atoms with E-state index in [1.165, 1.54) is 0 Å². The highest BCUT2D eigenvalue weighted by atomic mass is 16.3. The summed E-state index contributed by atoms with van der Waals surface area (Å²) in [7, 11) is 0. The molecule has 1 heterocycles. The zero-order valence-corrected chi connectivity index (χ0v) is 10.7. The lowest BCUT2D eigenvalue weighted by Gasteiger charge is -2.18. The Kier molecular flexibility index (Phi) is 4.93. The zero-order chi connectivity index (χ0) is 12.1. The van der Waals surface area contributed by atoms with E-state index in [2.05, 4.69) is 37.8 Å². The van der Waals surface area contributed by atoms with Crippen LogP contribution in [-0.4, -0.2) is 26.0 Å². The second kappa shape index (κ2) is 5.99. The molecule has 0 aliphatic heterocycles. The summed E-state index contributed by atoms with van der Waals surface area (Å²) in [6, 6.07) is 0.297. The number of aromatic nitrogens is 3. The second-order valence-electron chi connectivity index (χ2n) is 4.75. The molecule has 92 valence electrons. The number of aliphatic hydroxyl groups excluding tert-OH is 1. The maximum absolute atomic E-state index is 10.0. The van der Waals surface area contributed by atoms with Gasteiger partial charge in [-0.1, -0.05) is 20.3 Å². The number of hydrogen-bond donors (Lipinski definition) is 1. The van der Waals surface area contributed by atoms with Crippen LogP contribution in [-0.2, 0) is 6.42 Å². The molecule has 1 aromatic rings. The van der Waals surface area contributed by atoms with Gasteiger partial charge in [-0.15, -0.1) is 0 Å². The van der Waals surface area contributed by atoms with Crippen LogP contribution in [0.25, 0.3) is 0 Å². The molecule has 1 aromatic heterocycles. The van der Waals surface area contributed by atoms with Gasteiger partial charge in [0, 0.05) is 12.5 Å². The average molecular weight is 225 g/mol. The Morgan fingerprint density at radius 3 is 2.62 bits per heavy atom. The first kappa shape index (κ1) is 13.2. The fraction of sp³-hybridized carbons (Fsp3) is 0.833. The minimum Gasteiger partial charge on any atom is -0.392 e. The molecule has 4 nitrogen and oxygen atoms in total. The zero-order valence-electron chi connectivity index (χ0n) is 10.7. The first-order valence-electron chi connectivity index (χ1n) is 6.12. The summed E-state index contributed by atoms with van der Waals surface area (Å²) in [6.45, 7) is 8.37. The van der Waals surface area contributed by atoms with Crippen molar-refractivity contribution in [1.82, 2.24) is 14.8 Å². The summed E-state index contributed by atoms with van der Waals surface area (Å²) >= 11 is 0. The summed E-state index contributed by atoms with van der Waals surface area (Å²) < 4.78 is 1.88. The van der Waals surface area contributed by atoms with Crippen LogP contribution in [0.4, 0.5) is 0 Å². The quantitative estimate of drug-likeness (QED) is 0.807. The van der Waals surface area contributed by atoms with E-state index in [4.69, 9.17) is 0 Å². The molecule has 0 radical (unpaired) electrons. The molecule has 16 heavy (non-hydrogen) atoms. The van der Waals surface area contributed by atoms with Crippen molar-refractivity contribution in [3.05, 3.63) is 12.2 Å². The lowest BCUT2D eigenvalue weighted by molar-refractivity contribution is 0.108. The van der Waals surface area contributed by atoms with Gasteiger partial charge in [-0.25, -0.2) is 9.67 Å². The third-order valence-electron chi connectivity index (χ3n) is 2.93. The molecule has 0 spiro atoms. The van der Waals surface area contributed by atoms with Gasteiger partial charge in [0.15, 0.2) is 0 Å². The number of aliphatic hydroxyl groups is 1. The highest BCUT2D eigenvalue weighted by Gasteiger charge is 2.17. The number of hydrogen-bond acceptors (Lipinski definition) is 3. The van der Waals surface area contributed by atoms with E-state index in [0.29, 0.717) is 18.4 Å². The summed E-state index contributed by atoms with van der Waals surface area (Å²) in [5, 5.41) is 14.2. The van der Waals surface area contributed by atoms with Crippen molar-refractivity contribution in [3.8, 4) is 0 Å². The van der Waals surface area contributed by atoms with Crippen molar-refractivity contribution < 1.29 is 5.11 Å². The molecule has 0 saturated heterocycles. The maximum Gasteiger partial charge on any atom is 0.138 e. The molecular weight excluding hydrogens is 202 g/mol. The van der Waals surface area contributed by atoms with Gasteiger partial charge < -0.3 is 5.11 Å². The van der Waals surface area contributed by atoms with Crippen LogP contribution >= 0.6 is 0 Å². The molecule has 0 aliphatic carbocycles. The van der Waals surface area contributed by atoms with Gasteiger partial charge in [0.2, 0.25) is 0 Å². The van der Waals surface area contributed by atoms with Crippen LogP contribution < -0.4 is 0 Å². The normalized spacial score (nSPS) is 15.4. The molecular formula is C12H23N3O. The fourth-order valence-electron chi connectivity index (χ4n) is 1.89.